The molecule has 0 fully saturated rings. The molecule has 0 rings (SSSR count). The van der Waals surface area contributed by atoms with Crippen LogP contribution in [-0.2, 0) is 31.5 Å². The summed E-state index contributed by atoms with van der Waals surface area (Å²) in [6, 6.07) is -1.85. The van der Waals surface area contributed by atoms with Crippen LogP contribution in [0.5, 0.6) is 0 Å². The molecule has 20 heavy (non-hydrogen) atoms. The summed E-state index contributed by atoms with van der Waals surface area (Å²) in [5, 5.41) is 28.4. The van der Waals surface area contributed by atoms with Crippen LogP contribution in [0.25, 0.3) is 0 Å². The molecule has 0 amide bonds. The third kappa shape index (κ3) is 26.1. The fourth-order valence-electron chi connectivity index (χ4n) is 0.149. The van der Waals surface area contributed by atoms with E-state index in [2.05, 4.69) is 31.0 Å². The van der Waals surface area contributed by atoms with E-state index in [4.69, 9.17) is 21.4 Å². The summed E-state index contributed by atoms with van der Waals surface area (Å²) in [5.41, 5.74) is 14.3. The van der Waals surface area contributed by atoms with Crippen LogP contribution in [0.2, 0.25) is 0 Å². The molecule has 2 atom stereocenters. The van der Waals surface area contributed by atoms with Gasteiger partial charge >= 0.3 is 18.5 Å². The van der Waals surface area contributed by atoms with Crippen LogP contribution in [0.15, 0.2) is 0 Å². The van der Waals surface area contributed by atoms with Gasteiger partial charge in [0.05, 0.1) is 30.0 Å². The quantitative estimate of drug-likeness (QED) is 0.230. The second-order valence-corrected chi connectivity index (χ2v) is 3.52. The molecule has 6 N–H and O–H groups in total. The summed E-state index contributed by atoms with van der Waals surface area (Å²) < 4.78 is 0. The molecule has 0 aromatic carbocycles. The Labute approximate surface area is 139 Å². The SMILES string of the molecule is NCC(=O)[O-].N[C@@H](CS)C(=O)[O-].N[C@@H](CS)C(=O)[O-].[Fe+2].[H+]. The molecular weight excluding hydrogens is 354 g/mol. The first-order valence-corrected chi connectivity index (χ1v) is 5.94. The topological polar surface area (TPSA) is 198 Å². The summed E-state index contributed by atoms with van der Waals surface area (Å²) in [7, 11) is 0. The zero-order valence-corrected chi connectivity index (χ0v) is 13.1. The van der Waals surface area contributed by atoms with Gasteiger partial charge in [0.2, 0.25) is 0 Å². The van der Waals surface area contributed by atoms with Gasteiger partial charge < -0.3 is 46.9 Å². The molecule has 0 heterocycles. The zero-order valence-electron chi connectivity index (χ0n) is 11.2. The molecule has 0 spiro atoms. The molecule has 0 aliphatic heterocycles. The van der Waals surface area contributed by atoms with Gasteiger partial charge in [0.15, 0.2) is 0 Å². The van der Waals surface area contributed by atoms with E-state index in [1.165, 1.54) is 0 Å². The monoisotopic (exact) mass is 371 g/mol. The molecule has 0 aliphatic rings. The minimum absolute atomic E-state index is 0. The largest absolute Gasteiger partial charge is 2.00 e. The number of carboxylic acids is 3. The van der Waals surface area contributed by atoms with Crippen molar-refractivity contribution in [2.75, 3.05) is 18.1 Å². The van der Waals surface area contributed by atoms with Crippen LogP contribution < -0.4 is 32.5 Å². The fourth-order valence-corrected chi connectivity index (χ4v) is 0.447. The molecule has 0 unspecified atom stereocenters. The van der Waals surface area contributed by atoms with E-state index in [1.807, 2.05) is 0 Å². The fraction of sp³-hybridized carbons (Fsp3) is 0.625. The van der Waals surface area contributed by atoms with Crippen LogP contribution in [0.4, 0.5) is 0 Å². The molecule has 0 radical (unpaired) electrons. The van der Waals surface area contributed by atoms with Gasteiger partial charge in [-0.2, -0.15) is 25.3 Å². The maximum atomic E-state index is 9.65. The number of hydrogen-bond donors (Lipinski definition) is 5. The Morgan fingerprint density at radius 2 is 1.15 bits per heavy atom. The molecule has 12 heteroatoms. The summed E-state index contributed by atoms with van der Waals surface area (Å²) in [4.78, 5) is 28.4. The predicted octanol–water partition coefficient (Wildman–Crippen LogP) is -6.21. The average Bonchev–Trinajstić information content (AvgIpc) is 2.37. The Morgan fingerprint density at radius 3 is 1.15 bits per heavy atom. The maximum absolute atomic E-state index is 9.65. The Bertz CT molecular complexity index is 271. The summed E-state index contributed by atoms with van der Waals surface area (Å²) in [6.45, 7) is -0.389. The van der Waals surface area contributed by atoms with Crippen LogP contribution in [0.1, 0.15) is 1.43 Å². The van der Waals surface area contributed by atoms with E-state index in [0.29, 0.717) is 0 Å². The second kappa shape index (κ2) is 18.5. The smallest absolute Gasteiger partial charge is 0.549 e. The average molecular weight is 371 g/mol. The third-order valence-electron chi connectivity index (χ3n) is 1.17. The number of hydrogen-bond acceptors (Lipinski definition) is 11. The van der Waals surface area contributed by atoms with Crippen molar-refractivity contribution < 1.29 is 48.2 Å². The normalized spacial score (nSPS) is 11.2. The Kier molecular flexibility index (Phi) is 25.7. The first kappa shape index (κ1) is 27.8. The zero-order chi connectivity index (χ0) is 16.0. The van der Waals surface area contributed by atoms with E-state index in [-0.39, 0.29) is 36.5 Å². The second-order valence-electron chi connectivity index (χ2n) is 2.79. The van der Waals surface area contributed by atoms with Gasteiger partial charge in [0.25, 0.3) is 0 Å². The molecule has 0 bridgehead atoms. The van der Waals surface area contributed by atoms with Crippen molar-refractivity contribution in [3.63, 3.8) is 0 Å². The summed E-state index contributed by atoms with van der Waals surface area (Å²) in [6.07, 6.45) is 0. The number of thiol groups is 2. The first-order chi connectivity index (χ1) is 8.63. The Hall–Kier alpha value is -0.491. The summed E-state index contributed by atoms with van der Waals surface area (Å²) in [5.74, 6) is -3.47. The van der Waals surface area contributed by atoms with Gasteiger partial charge in [-0.15, -0.1) is 0 Å². The Morgan fingerprint density at radius 1 is 0.950 bits per heavy atom. The number of aliphatic carboxylic acids is 3. The van der Waals surface area contributed by atoms with Crippen molar-refractivity contribution in [1.29, 1.82) is 0 Å². The predicted molar refractivity (Wildman–Crippen MR) is 68.8 cm³/mol. The van der Waals surface area contributed by atoms with Crippen molar-refractivity contribution in [2.45, 2.75) is 12.1 Å². The van der Waals surface area contributed by atoms with E-state index in [1.54, 1.807) is 0 Å². The standard InChI is InChI=1S/2C3H7NO2S.C2H5NO2.Fe/c2*4-2(1-7)3(5)6;3-1-2(4)5;/h2*2,7H,1,4H2,(H,5,6);1,3H2,(H,4,5);/q;;;+2/p-2/t2*2-;;/m00../s1. The van der Waals surface area contributed by atoms with Crippen LogP contribution >= 0.6 is 25.3 Å². The van der Waals surface area contributed by atoms with E-state index in [9.17, 15) is 19.8 Å². The first-order valence-electron chi connectivity index (χ1n) is 4.68. The van der Waals surface area contributed by atoms with Crippen molar-refractivity contribution in [1.82, 2.24) is 0 Å². The number of carboxylic acid groups (broad SMARTS) is 3. The van der Waals surface area contributed by atoms with Crippen molar-refractivity contribution >= 4 is 43.2 Å². The Balaban J connectivity index is -0.0000000590. The van der Waals surface area contributed by atoms with Crippen LogP contribution in [-0.4, -0.2) is 48.0 Å². The minimum atomic E-state index is -1.25. The third-order valence-corrected chi connectivity index (χ3v) is 1.95. The number of rotatable bonds is 5. The van der Waals surface area contributed by atoms with Gasteiger partial charge in [-0.25, -0.2) is 0 Å². The van der Waals surface area contributed by atoms with Gasteiger partial charge in [-0.1, -0.05) is 0 Å². The van der Waals surface area contributed by atoms with Crippen LogP contribution in [0.3, 0.4) is 0 Å². The number of carbonyl (C=O) groups is 3. The van der Waals surface area contributed by atoms with Crippen molar-refractivity contribution in [3.05, 3.63) is 0 Å². The van der Waals surface area contributed by atoms with E-state index >= 15 is 0 Å². The van der Waals surface area contributed by atoms with Gasteiger partial charge in [0.1, 0.15) is 0 Å². The molecule has 0 aliphatic carbocycles. The minimum Gasteiger partial charge on any atom is -0.549 e. The molecule has 9 nitrogen and oxygen atoms in total. The maximum Gasteiger partial charge on any atom is 2.00 e. The molecular formula is C8H17FeN3O6S2. The van der Waals surface area contributed by atoms with E-state index < -0.39 is 30.0 Å². The van der Waals surface area contributed by atoms with Crippen molar-refractivity contribution in [2.24, 2.45) is 17.2 Å². The molecule has 120 valence electrons. The van der Waals surface area contributed by atoms with Gasteiger partial charge in [-0.05, 0) is 0 Å². The number of carbonyl (C=O) groups excluding carboxylic acids is 3. The van der Waals surface area contributed by atoms with Crippen LogP contribution in [0, 0.1) is 0 Å². The molecule has 0 saturated heterocycles. The van der Waals surface area contributed by atoms with Crippen molar-refractivity contribution in [3.8, 4) is 0 Å². The summed E-state index contributed by atoms with van der Waals surface area (Å²) >= 11 is 7.22. The van der Waals surface area contributed by atoms with Gasteiger partial charge in [-0.3, -0.25) is 0 Å². The molecule has 0 saturated carbocycles. The number of nitrogens with two attached hydrogens (primary N) is 3. The van der Waals surface area contributed by atoms with Gasteiger partial charge in [0, 0.05) is 18.1 Å². The molecule has 0 aromatic heterocycles. The van der Waals surface area contributed by atoms with E-state index in [0.717, 1.165) is 0 Å². The molecule has 0 aromatic rings.